The minimum absolute atomic E-state index is 0.272. The molecule has 1 aromatic heterocycles. The highest BCUT2D eigenvalue weighted by Gasteiger charge is 2.11. The number of pyridine rings is 1. The van der Waals surface area contributed by atoms with Gasteiger partial charge < -0.3 is 15.4 Å². The van der Waals surface area contributed by atoms with Gasteiger partial charge in [0, 0.05) is 19.3 Å². The lowest BCUT2D eigenvalue weighted by Crippen LogP contribution is -2.35. The van der Waals surface area contributed by atoms with Crippen molar-refractivity contribution in [3.05, 3.63) is 29.6 Å². The van der Waals surface area contributed by atoms with Gasteiger partial charge in [-0.15, -0.1) is 0 Å². The quantitative estimate of drug-likeness (QED) is 0.534. The summed E-state index contributed by atoms with van der Waals surface area (Å²) in [5.74, 6) is 0.816. The fourth-order valence-corrected chi connectivity index (χ4v) is 1.62. The molecular formula is C13H17N7O3. The Bertz CT molecular complexity index is 639. The summed E-state index contributed by atoms with van der Waals surface area (Å²) in [6, 6.07) is 3.28. The van der Waals surface area contributed by atoms with E-state index >= 15 is 0 Å². The summed E-state index contributed by atoms with van der Waals surface area (Å²) in [5, 5.41) is 13.1. The molecule has 23 heavy (non-hydrogen) atoms. The molecule has 0 spiro atoms. The first kappa shape index (κ1) is 16.2. The Labute approximate surface area is 132 Å². The lowest BCUT2D eigenvalue weighted by molar-refractivity contribution is 0.0952. The molecule has 0 atom stereocenters. The van der Waals surface area contributed by atoms with Gasteiger partial charge in [-0.1, -0.05) is 0 Å². The number of nitrogens with zero attached hydrogens (tertiary/aromatic N) is 3. The van der Waals surface area contributed by atoms with E-state index in [-0.39, 0.29) is 19.0 Å². The normalized spacial score (nSPS) is 13.0. The second-order valence-corrected chi connectivity index (χ2v) is 4.49. The molecule has 10 heteroatoms. The van der Waals surface area contributed by atoms with Crippen molar-refractivity contribution in [3.8, 4) is 0 Å². The number of methoxy groups -OCH3 is 1. The van der Waals surface area contributed by atoms with Crippen LogP contribution in [0.3, 0.4) is 0 Å². The average molecular weight is 319 g/mol. The maximum atomic E-state index is 11.9. The second kappa shape index (κ2) is 7.73. The van der Waals surface area contributed by atoms with E-state index < -0.39 is 6.09 Å². The van der Waals surface area contributed by atoms with Crippen LogP contribution < -0.4 is 21.5 Å². The van der Waals surface area contributed by atoms with Crippen molar-refractivity contribution < 1.29 is 14.3 Å². The zero-order valence-electron chi connectivity index (χ0n) is 12.7. The summed E-state index contributed by atoms with van der Waals surface area (Å²) < 4.78 is 4.42. The van der Waals surface area contributed by atoms with Crippen LogP contribution >= 0.6 is 0 Å². The number of amides is 2. The summed E-state index contributed by atoms with van der Waals surface area (Å²) in [6.07, 6.45) is 0.894. The van der Waals surface area contributed by atoms with Crippen LogP contribution in [0.25, 0.3) is 0 Å². The van der Waals surface area contributed by atoms with E-state index in [4.69, 9.17) is 0 Å². The molecule has 0 aliphatic carbocycles. The molecule has 0 bridgehead atoms. The van der Waals surface area contributed by atoms with Gasteiger partial charge in [-0.2, -0.15) is 10.2 Å². The highest BCUT2D eigenvalue weighted by molar-refractivity contribution is 6.00. The molecule has 4 N–H and O–H groups in total. The van der Waals surface area contributed by atoms with Gasteiger partial charge in [0.15, 0.2) is 5.84 Å². The van der Waals surface area contributed by atoms with Gasteiger partial charge in [0.05, 0.1) is 12.7 Å². The molecular weight excluding hydrogens is 302 g/mol. The van der Waals surface area contributed by atoms with Crippen molar-refractivity contribution in [3.63, 3.8) is 0 Å². The minimum atomic E-state index is -0.544. The lowest BCUT2D eigenvalue weighted by atomic mass is 10.2. The highest BCUT2D eigenvalue weighted by atomic mass is 16.5. The number of aromatic nitrogens is 1. The van der Waals surface area contributed by atoms with Gasteiger partial charge >= 0.3 is 6.09 Å². The Hall–Kier alpha value is -3.17. The number of ether oxygens (including phenoxy) is 1. The molecule has 0 saturated carbocycles. The molecule has 0 unspecified atom stereocenters. The molecule has 0 fully saturated rings. The predicted molar refractivity (Wildman–Crippen MR) is 82.9 cm³/mol. The topological polar surface area (TPSA) is 129 Å². The Morgan fingerprint density at radius 3 is 2.57 bits per heavy atom. The smallest absolute Gasteiger partial charge is 0.406 e. The predicted octanol–water partition coefficient (Wildman–Crippen LogP) is -0.645. The maximum absolute atomic E-state index is 11.9. The summed E-state index contributed by atoms with van der Waals surface area (Å²) in [5.41, 5.74) is 6.43. The molecule has 2 heterocycles. The van der Waals surface area contributed by atoms with Gasteiger partial charge in [-0.05, 0) is 19.1 Å². The summed E-state index contributed by atoms with van der Waals surface area (Å²) in [7, 11) is 1.27. The monoisotopic (exact) mass is 319 g/mol. The number of hydrogen-bond acceptors (Lipinski definition) is 8. The Balaban J connectivity index is 1.84. The number of hydrazone groups is 2. The summed E-state index contributed by atoms with van der Waals surface area (Å²) >= 11 is 0. The van der Waals surface area contributed by atoms with Crippen molar-refractivity contribution in [1.29, 1.82) is 0 Å². The SMILES string of the molecule is COC(=O)NCCNC(=O)c1ccc(C2=NNC(C)=NN2)nc1. The van der Waals surface area contributed by atoms with E-state index in [0.29, 0.717) is 22.9 Å². The molecule has 1 aliphatic rings. The van der Waals surface area contributed by atoms with Crippen LogP contribution in [0.1, 0.15) is 23.0 Å². The van der Waals surface area contributed by atoms with Crippen LogP contribution in [0.5, 0.6) is 0 Å². The second-order valence-electron chi connectivity index (χ2n) is 4.49. The molecule has 0 saturated heterocycles. The number of carbonyl (C=O) groups is 2. The van der Waals surface area contributed by atoms with E-state index in [2.05, 4.69) is 41.4 Å². The minimum Gasteiger partial charge on any atom is -0.453 e. The van der Waals surface area contributed by atoms with E-state index in [1.165, 1.54) is 13.3 Å². The number of hydrogen-bond donors (Lipinski definition) is 4. The van der Waals surface area contributed by atoms with Crippen molar-refractivity contribution in [2.75, 3.05) is 20.2 Å². The largest absolute Gasteiger partial charge is 0.453 e. The molecule has 2 rings (SSSR count). The van der Waals surface area contributed by atoms with E-state index in [9.17, 15) is 9.59 Å². The van der Waals surface area contributed by atoms with Crippen LogP contribution in [0.4, 0.5) is 4.79 Å². The van der Waals surface area contributed by atoms with Crippen molar-refractivity contribution >= 4 is 23.7 Å². The molecule has 0 radical (unpaired) electrons. The summed E-state index contributed by atoms with van der Waals surface area (Å²) in [4.78, 5) is 26.9. The maximum Gasteiger partial charge on any atom is 0.406 e. The zero-order chi connectivity index (χ0) is 16.7. The standard InChI is InChI=1S/C13H17N7O3/c1-8-17-19-11(20-18-8)10-4-3-9(7-16-10)12(21)14-5-6-15-13(22)23-2/h3-4,7H,5-6H2,1-2H3,(H,14,21)(H,15,22)(H,17,18)(H,19,20). The van der Waals surface area contributed by atoms with Gasteiger partial charge in [-0.3, -0.25) is 20.6 Å². The van der Waals surface area contributed by atoms with E-state index in [1.807, 2.05) is 0 Å². The van der Waals surface area contributed by atoms with Crippen LogP contribution in [-0.4, -0.2) is 48.9 Å². The van der Waals surface area contributed by atoms with E-state index in [0.717, 1.165) is 0 Å². The summed E-state index contributed by atoms with van der Waals surface area (Å²) in [6.45, 7) is 2.32. The Kier molecular flexibility index (Phi) is 5.45. The average Bonchev–Trinajstić information content (AvgIpc) is 2.59. The first-order valence-corrected chi connectivity index (χ1v) is 6.80. The van der Waals surface area contributed by atoms with Gasteiger partial charge in [0.1, 0.15) is 11.5 Å². The van der Waals surface area contributed by atoms with Crippen LogP contribution in [0.15, 0.2) is 28.5 Å². The van der Waals surface area contributed by atoms with Crippen molar-refractivity contribution in [1.82, 2.24) is 26.5 Å². The zero-order valence-corrected chi connectivity index (χ0v) is 12.7. The van der Waals surface area contributed by atoms with Crippen molar-refractivity contribution in [2.24, 2.45) is 10.2 Å². The van der Waals surface area contributed by atoms with Crippen molar-refractivity contribution in [2.45, 2.75) is 6.92 Å². The number of nitrogens with one attached hydrogen (secondary N) is 4. The first-order chi connectivity index (χ1) is 11.1. The molecule has 1 aliphatic heterocycles. The van der Waals surface area contributed by atoms with Gasteiger partial charge in [0.25, 0.3) is 5.91 Å². The van der Waals surface area contributed by atoms with E-state index in [1.54, 1.807) is 19.1 Å². The number of carbonyl (C=O) groups excluding carboxylic acids is 2. The molecule has 0 aromatic carbocycles. The van der Waals surface area contributed by atoms with Crippen LogP contribution in [0, 0.1) is 0 Å². The van der Waals surface area contributed by atoms with Gasteiger partial charge in [0.2, 0.25) is 0 Å². The third kappa shape index (κ3) is 4.66. The molecule has 1 aromatic rings. The number of amidine groups is 2. The fourth-order valence-electron chi connectivity index (χ4n) is 1.62. The Morgan fingerprint density at radius 1 is 1.17 bits per heavy atom. The Morgan fingerprint density at radius 2 is 1.96 bits per heavy atom. The van der Waals surface area contributed by atoms with Crippen LogP contribution in [-0.2, 0) is 4.74 Å². The number of alkyl carbamates (subject to hydrolysis) is 1. The lowest BCUT2D eigenvalue weighted by Gasteiger charge is -2.12. The number of rotatable bonds is 5. The third-order valence-electron chi connectivity index (χ3n) is 2.79. The van der Waals surface area contributed by atoms with Crippen LogP contribution in [0.2, 0.25) is 0 Å². The molecule has 122 valence electrons. The fraction of sp³-hybridized carbons (Fsp3) is 0.308. The first-order valence-electron chi connectivity index (χ1n) is 6.80. The molecule has 2 amide bonds. The highest BCUT2D eigenvalue weighted by Crippen LogP contribution is 2.02. The van der Waals surface area contributed by atoms with Gasteiger partial charge in [-0.25, -0.2) is 4.79 Å². The third-order valence-corrected chi connectivity index (χ3v) is 2.79. The molecule has 10 nitrogen and oxygen atoms in total.